The van der Waals surface area contributed by atoms with E-state index in [1.807, 2.05) is 12.1 Å². The summed E-state index contributed by atoms with van der Waals surface area (Å²) in [6, 6.07) is 5.50. The molecule has 0 amide bonds. The normalized spacial score (nSPS) is 20.1. The fraction of sp³-hybridized carbons (Fsp3) is 0.500. The molecule has 1 N–H and O–H groups in total. The lowest BCUT2D eigenvalue weighted by molar-refractivity contribution is 0.208. The lowest BCUT2D eigenvalue weighted by atomic mass is 9.99. The van der Waals surface area contributed by atoms with Crippen LogP contribution < -0.4 is 4.90 Å². The number of aliphatic hydroxyl groups excluding tert-OH is 1. The average molecular weight is 252 g/mol. The lowest BCUT2D eigenvalue weighted by Gasteiger charge is -2.32. The zero-order valence-electron chi connectivity index (χ0n) is 9.43. The molecule has 1 saturated heterocycles. The maximum Gasteiger partial charge on any atom is 0.161 e. The molecular formula is C12H14ClN3O. The highest BCUT2D eigenvalue weighted by molar-refractivity contribution is 6.31. The summed E-state index contributed by atoms with van der Waals surface area (Å²) in [7, 11) is 0. The van der Waals surface area contributed by atoms with Gasteiger partial charge in [0.25, 0.3) is 0 Å². The van der Waals surface area contributed by atoms with Crippen molar-refractivity contribution in [1.29, 1.82) is 5.26 Å². The molecule has 0 aliphatic carbocycles. The zero-order valence-corrected chi connectivity index (χ0v) is 10.2. The number of aliphatic hydroxyl groups is 1. The van der Waals surface area contributed by atoms with Gasteiger partial charge < -0.3 is 10.0 Å². The highest BCUT2D eigenvalue weighted by atomic mass is 35.5. The lowest BCUT2D eigenvalue weighted by Crippen LogP contribution is -2.37. The van der Waals surface area contributed by atoms with Crippen LogP contribution in [-0.2, 0) is 0 Å². The van der Waals surface area contributed by atoms with Gasteiger partial charge in [-0.05, 0) is 30.9 Å². The summed E-state index contributed by atoms with van der Waals surface area (Å²) in [6.07, 6.45) is 2.09. The van der Waals surface area contributed by atoms with E-state index in [4.69, 9.17) is 16.9 Å². The van der Waals surface area contributed by atoms with Gasteiger partial charge >= 0.3 is 0 Å². The van der Waals surface area contributed by atoms with Crippen LogP contribution in [0.25, 0.3) is 0 Å². The number of piperidine rings is 1. The first kappa shape index (κ1) is 12.2. The number of pyridine rings is 1. The van der Waals surface area contributed by atoms with E-state index in [0.717, 1.165) is 31.7 Å². The number of nitriles is 1. The number of anilines is 1. The summed E-state index contributed by atoms with van der Waals surface area (Å²) in [5, 5.41) is 18.4. The SMILES string of the molecule is N#Cc1nc(N2CCCC(CO)C2)ccc1Cl. The van der Waals surface area contributed by atoms with Gasteiger partial charge in [0.2, 0.25) is 0 Å². The summed E-state index contributed by atoms with van der Waals surface area (Å²) in [5.41, 5.74) is 0.260. The number of hydrogen-bond acceptors (Lipinski definition) is 4. The second kappa shape index (κ2) is 5.35. The molecule has 0 spiro atoms. The Morgan fingerprint density at radius 1 is 1.59 bits per heavy atom. The molecule has 0 saturated carbocycles. The van der Waals surface area contributed by atoms with Crippen LogP contribution in [0.1, 0.15) is 18.5 Å². The number of aromatic nitrogens is 1. The van der Waals surface area contributed by atoms with Crippen LogP contribution in [0.4, 0.5) is 5.82 Å². The van der Waals surface area contributed by atoms with Crippen molar-refractivity contribution in [2.75, 3.05) is 24.6 Å². The fourth-order valence-corrected chi connectivity index (χ4v) is 2.26. The minimum absolute atomic E-state index is 0.204. The van der Waals surface area contributed by atoms with E-state index in [2.05, 4.69) is 9.88 Å². The van der Waals surface area contributed by atoms with Gasteiger partial charge in [0.1, 0.15) is 11.9 Å². The molecule has 90 valence electrons. The highest BCUT2D eigenvalue weighted by Crippen LogP contribution is 2.23. The highest BCUT2D eigenvalue weighted by Gasteiger charge is 2.20. The Morgan fingerprint density at radius 2 is 2.41 bits per heavy atom. The molecule has 17 heavy (non-hydrogen) atoms. The van der Waals surface area contributed by atoms with Gasteiger partial charge in [0, 0.05) is 19.7 Å². The largest absolute Gasteiger partial charge is 0.396 e. The topological polar surface area (TPSA) is 60.2 Å². The van der Waals surface area contributed by atoms with Gasteiger partial charge in [-0.2, -0.15) is 5.26 Å². The number of rotatable bonds is 2. The Labute approximate surface area is 105 Å². The Hall–Kier alpha value is -1.31. The van der Waals surface area contributed by atoms with Gasteiger partial charge in [-0.3, -0.25) is 0 Å². The first-order valence-electron chi connectivity index (χ1n) is 5.67. The van der Waals surface area contributed by atoms with E-state index in [1.54, 1.807) is 6.07 Å². The van der Waals surface area contributed by atoms with Crippen molar-refractivity contribution in [1.82, 2.24) is 4.98 Å². The molecule has 1 atom stereocenters. The van der Waals surface area contributed by atoms with Gasteiger partial charge in [-0.25, -0.2) is 4.98 Å². The van der Waals surface area contributed by atoms with Crippen molar-refractivity contribution < 1.29 is 5.11 Å². The van der Waals surface area contributed by atoms with Crippen molar-refractivity contribution >= 4 is 17.4 Å². The van der Waals surface area contributed by atoms with Gasteiger partial charge in [-0.15, -0.1) is 0 Å². The monoisotopic (exact) mass is 251 g/mol. The van der Waals surface area contributed by atoms with E-state index < -0.39 is 0 Å². The molecule has 1 unspecified atom stereocenters. The molecular weight excluding hydrogens is 238 g/mol. The first-order valence-corrected chi connectivity index (χ1v) is 6.05. The van der Waals surface area contributed by atoms with E-state index in [9.17, 15) is 5.11 Å². The van der Waals surface area contributed by atoms with E-state index in [1.165, 1.54) is 0 Å². The van der Waals surface area contributed by atoms with Crippen molar-refractivity contribution in [3.63, 3.8) is 0 Å². The molecule has 1 fully saturated rings. The quantitative estimate of drug-likeness (QED) is 0.871. The zero-order chi connectivity index (χ0) is 12.3. The Kier molecular flexibility index (Phi) is 3.82. The summed E-state index contributed by atoms with van der Waals surface area (Å²) in [4.78, 5) is 6.33. The van der Waals surface area contributed by atoms with Gasteiger partial charge in [0.05, 0.1) is 5.02 Å². The molecule has 0 bridgehead atoms. The third-order valence-corrected chi connectivity index (χ3v) is 3.34. The predicted octanol–water partition coefficient (Wildman–Crippen LogP) is 1.82. The third kappa shape index (κ3) is 2.68. The maximum atomic E-state index is 9.18. The minimum Gasteiger partial charge on any atom is -0.396 e. The molecule has 1 aliphatic heterocycles. The molecule has 0 aromatic carbocycles. The maximum absolute atomic E-state index is 9.18. The fourth-order valence-electron chi connectivity index (χ4n) is 2.11. The minimum atomic E-state index is 0.204. The second-order valence-corrected chi connectivity index (χ2v) is 4.66. The Balaban J connectivity index is 2.19. The van der Waals surface area contributed by atoms with Crippen molar-refractivity contribution in [3.05, 3.63) is 22.8 Å². The van der Waals surface area contributed by atoms with Gasteiger partial charge in [0.15, 0.2) is 5.69 Å². The number of hydrogen-bond donors (Lipinski definition) is 1. The summed E-state index contributed by atoms with van der Waals surface area (Å²) in [5.74, 6) is 1.07. The van der Waals surface area contributed by atoms with Crippen LogP contribution in [0.15, 0.2) is 12.1 Å². The van der Waals surface area contributed by atoms with Crippen LogP contribution in [0, 0.1) is 17.2 Å². The predicted molar refractivity (Wildman–Crippen MR) is 66.0 cm³/mol. The molecule has 4 nitrogen and oxygen atoms in total. The summed E-state index contributed by atoms with van der Waals surface area (Å²) >= 11 is 5.85. The number of halogens is 1. The molecule has 1 aromatic rings. The van der Waals surface area contributed by atoms with E-state index in [-0.39, 0.29) is 12.3 Å². The van der Waals surface area contributed by atoms with Crippen LogP contribution in [-0.4, -0.2) is 29.8 Å². The summed E-state index contributed by atoms with van der Waals surface area (Å²) < 4.78 is 0. The third-order valence-electron chi connectivity index (χ3n) is 3.04. The van der Waals surface area contributed by atoms with E-state index in [0.29, 0.717) is 10.9 Å². The van der Waals surface area contributed by atoms with Gasteiger partial charge in [-0.1, -0.05) is 11.6 Å². The first-order chi connectivity index (χ1) is 8.24. The van der Waals surface area contributed by atoms with E-state index >= 15 is 0 Å². The number of nitrogens with zero attached hydrogens (tertiary/aromatic N) is 3. The van der Waals surface area contributed by atoms with Crippen LogP contribution in [0.3, 0.4) is 0 Å². The van der Waals surface area contributed by atoms with Crippen LogP contribution in [0.2, 0.25) is 5.02 Å². The van der Waals surface area contributed by atoms with Crippen molar-refractivity contribution in [2.24, 2.45) is 5.92 Å². The summed E-state index contributed by atoms with van der Waals surface area (Å²) in [6.45, 7) is 1.90. The molecule has 0 radical (unpaired) electrons. The van der Waals surface area contributed by atoms with Crippen molar-refractivity contribution in [2.45, 2.75) is 12.8 Å². The molecule has 5 heteroatoms. The van der Waals surface area contributed by atoms with Crippen LogP contribution in [0.5, 0.6) is 0 Å². The average Bonchev–Trinajstić information content (AvgIpc) is 2.39. The standard InChI is InChI=1S/C12H14ClN3O/c13-10-3-4-12(15-11(10)6-14)16-5-1-2-9(7-16)8-17/h3-4,9,17H,1-2,5,7-8H2. The Morgan fingerprint density at radius 3 is 3.12 bits per heavy atom. The van der Waals surface area contributed by atoms with Crippen LogP contribution >= 0.6 is 11.6 Å². The Bertz CT molecular complexity index is 444. The molecule has 1 aromatic heterocycles. The molecule has 2 heterocycles. The second-order valence-electron chi connectivity index (χ2n) is 4.25. The molecule has 1 aliphatic rings. The molecule has 2 rings (SSSR count). The smallest absolute Gasteiger partial charge is 0.161 e. The van der Waals surface area contributed by atoms with Crippen molar-refractivity contribution in [3.8, 4) is 6.07 Å².